The third-order valence-electron chi connectivity index (χ3n) is 3.69. The summed E-state index contributed by atoms with van der Waals surface area (Å²) in [4.78, 5) is 14.2. The van der Waals surface area contributed by atoms with Crippen molar-refractivity contribution in [3.8, 4) is 6.07 Å². The molecule has 3 rings (SSSR count). The van der Waals surface area contributed by atoms with Crippen molar-refractivity contribution < 1.29 is 4.79 Å². The van der Waals surface area contributed by atoms with Crippen LogP contribution in [0.5, 0.6) is 0 Å². The minimum Gasteiger partial charge on any atom is -0.323 e. The molecule has 24 heavy (non-hydrogen) atoms. The third-order valence-corrected chi connectivity index (χ3v) is 5.94. The van der Waals surface area contributed by atoms with Crippen LogP contribution in [0.25, 0.3) is 6.08 Å². The van der Waals surface area contributed by atoms with E-state index in [-0.39, 0.29) is 11.0 Å². The molecule has 0 atom stereocenters. The van der Waals surface area contributed by atoms with Crippen molar-refractivity contribution >= 4 is 57.0 Å². The highest BCUT2D eigenvalue weighted by Crippen LogP contribution is 2.37. The van der Waals surface area contributed by atoms with Crippen LogP contribution in [0.1, 0.15) is 33.7 Å². The van der Waals surface area contributed by atoms with Gasteiger partial charge in [-0.25, -0.2) is 0 Å². The lowest BCUT2D eigenvalue weighted by molar-refractivity contribution is -0.115. The lowest BCUT2D eigenvalue weighted by Gasteiger charge is -2.09. The predicted octanol–water partition coefficient (Wildman–Crippen LogP) is 4.09. The molecule has 2 heterocycles. The van der Waals surface area contributed by atoms with Crippen molar-refractivity contribution in [3.63, 3.8) is 0 Å². The fraction of sp³-hybridized carbons (Fsp3) is 0.235. The molecule has 0 fully saturated rings. The Balaban J connectivity index is 1.64. The van der Waals surface area contributed by atoms with Gasteiger partial charge in [-0.2, -0.15) is 5.26 Å². The molecule has 1 aliphatic rings. The molecule has 1 aliphatic carbocycles. The Kier molecular flexibility index (Phi) is 5.41. The summed E-state index contributed by atoms with van der Waals surface area (Å²) in [5.41, 5.74) is 1.81. The molecule has 0 spiro atoms. The highest BCUT2D eigenvalue weighted by Gasteiger charge is 2.21. The molecule has 7 heteroatoms. The van der Waals surface area contributed by atoms with Gasteiger partial charge in [0.2, 0.25) is 5.91 Å². The van der Waals surface area contributed by atoms with Gasteiger partial charge in [0.25, 0.3) is 0 Å². The molecule has 2 aromatic heterocycles. The highest BCUT2D eigenvalue weighted by atomic mass is 32.1. The van der Waals surface area contributed by atoms with Crippen LogP contribution in [0, 0.1) is 11.3 Å². The monoisotopic (exact) mass is 373 g/mol. The van der Waals surface area contributed by atoms with Gasteiger partial charge in [0.05, 0.1) is 5.56 Å². The molecule has 0 unspecified atom stereocenters. The number of thiocarbonyl (C=S) groups is 1. The van der Waals surface area contributed by atoms with Crippen molar-refractivity contribution in [3.05, 3.63) is 44.5 Å². The predicted molar refractivity (Wildman–Crippen MR) is 103 cm³/mol. The molecule has 4 nitrogen and oxygen atoms in total. The van der Waals surface area contributed by atoms with Gasteiger partial charge in [-0.1, -0.05) is 6.07 Å². The Hall–Kier alpha value is -2.01. The smallest absolute Gasteiger partial charge is 0.250 e. The number of nitrogens with zero attached hydrogens (tertiary/aromatic N) is 1. The Morgan fingerprint density at radius 1 is 1.38 bits per heavy atom. The van der Waals surface area contributed by atoms with Gasteiger partial charge in [-0.15, -0.1) is 22.7 Å². The zero-order valence-corrected chi connectivity index (χ0v) is 15.2. The van der Waals surface area contributed by atoms with Gasteiger partial charge in [0.1, 0.15) is 11.1 Å². The lowest BCUT2D eigenvalue weighted by atomic mass is 9.96. The molecule has 0 bridgehead atoms. The second-order valence-electron chi connectivity index (χ2n) is 5.32. The molecule has 1 amide bonds. The first-order valence-electron chi connectivity index (χ1n) is 7.55. The number of nitrogens with one attached hydrogen (secondary N) is 2. The zero-order chi connectivity index (χ0) is 16.9. The van der Waals surface area contributed by atoms with E-state index < -0.39 is 0 Å². The van der Waals surface area contributed by atoms with Gasteiger partial charge in [-0.3, -0.25) is 10.1 Å². The van der Waals surface area contributed by atoms with E-state index >= 15 is 0 Å². The maximum atomic E-state index is 11.9. The van der Waals surface area contributed by atoms with E-state index in [0.29, 0.717) is 5.56 Å². The molecule has 2 aromatic rings. The van der Waals surface area contributed by atoms with Gasteiger partial charge >= 0.3 is 0 Å². The minimum atomic E-state index is -0.291. The number of rotatable bonds is 3. The van der Waals surface area contributed by atoms with E-state index in [1.165, 1.54) is 11.0 Å². The van der Waals surface area contributed by atoms with E-state index in [1.807, 2.05) is 17.5 Å². The molecule has 0 saturated carbocycles. The number of carbonyl (C=O) groups excluding carboxylic acids is 1. The normalized spacial score (nSPS) is 13.3. The minimum absolute atomic E-state index is 0.214. The summed E-state index contributed by atoms with van der Waals surface area (Å²) >= 11 is 8.32. The van der Waals surface area contributed by atoms with Gasteiger partial charge in [0, 0.05) is 15.8 Å². The maximum absolute atomic E-state index is 11.9. The molecule has 0 saturated heterocycles. The van der Waals surface area contributed by atoms with Crippen LogP contribution in [-0.4, -0.2) is 11.0 Å². The quantitative estimate of drug-likeness (QED) is 0.628. The summed E-state index contributed by atoms with van der Waals surface area (Å²) in [5, 5.41) is 17.9. The van der Waals surface area contributed by atoms with Crippen molar-refractivity contribution in [1.82, 2.24) is 5.32 Å². The van der Waals surface area contributed by atoms with Crippen LogP contribution in [0.3, 0.4) is 0 Å². The summed E-state index contributed by atoms with van der Waals surface area (Å²) in [6.45, 7) is 0. The number of hydrogen-bond acceptors (Lipinski definition) is 5. The number of nitriles is 1. The fourth-order valence-corrected chi connectivity index (χ4v) is 4.73. The zero-order valence-electron chi connectivity index (χ0n) is 12.8. The number of hydrogen-bond donors (Lipinski definition) is 2. The second kappa shape index (κ2) is 7.71. The molecule has 0 radical (unpaired) electrons. The average Bonchev–Trinajstić information content (AvgIpc) is 3.19. The van der Waals surface area contributed by atoms with Crippen molar-refractivity contribution in [2.24, 2.45) is 0 Å². The topological polar surface area (TPSA) is 64.9 Å². The number of thiophene rings is 2. The second-order valence-corrected chi connectivity index (χ2v) is 7.81. The van der Waals surface area contributed by atoms with E-state index in [2.05, 4.69) is 16.7 Å². The molecule has 0 aromatic carbocycles. The van der Waals surface area contributed by atoms with Crippen LogP contribution in [0.15, 0.2) is 23.6 Å². The number of amides is 1. The SMILES string of the molecule is N#Cc1c(NC(=S)NC(=O)/C=C/c2cccs2)sc2c1CCCC2. The van der Waals surface area contributed by atoms with Crippen molar-refractivity contribution in [2.45, 2.75) is 25.7 Å². The average molecular weight is 374 g/mol. The standard InChI is InChI=1S/C17H15N3OS3/c18-10-13-12-5-1-2-6-14(12)24-16(13)20-17(22)19-15(21)8-7-11-4-3-9-23-11/h3-4,7-9H,1-2,5-6H2,(H2,19,20,21,22)/b8-7+. The Labute approximate surface area is 153 Å². The fourth-order valence-electron chi connectivity index (χ4n) is 2.60. The van der Waals surface area contributed by atoms with E-state index in [1.54, 1.807) is 28.7 Å². The largest absolute Gasteiger partial charge is 0.323 e. The van der Waals surface area contributed by atoms with Gasteiger partial charge in [0.15, 0.2) is 5.11 Å². The van der Waals surface area contributed by atoms with Crippen molar-refractivity contribution in [1.29, 1.82) is 5.26 Å². The Morgan fingerprint density at radius 2 is 2.21 bits per heavy atom. The Bertz CT molecular complexity index is 828. The first kappa shape index (κ1) is 16.8. The van der Waals surface area contributed by atoms with Crippen LogP contribution >= 0.6 is 34.9 Å². The van der Waals surface area contributed by atoms with Crippen LogP contribution in [-0.2, 0) is 17.6 Å². The molecule has 122 valence electrons. The summed E-state index contributed by atoms with van der Waals surface area (Å²) in [6, 6.07) is 6.13. The molecular weight excluding hydrogens is 358 g/mol. The first-order chi connectivity index (χ1) is 11.7. The number of aryl methyl sites for hydroxylation is 1. The Morgan fingerprint density at radius 3 is 2.96 bits per heavy atom. The molecular formula is C17H15N3OS3. The van der Waals surface area contributed by atoms with Crippen LogP contribution < -0.4 is 10.6 Å². The van der Waals surface area contributed by atoms with Gasteiger partial charge < -0.3 is 5.32 Å². The number of carbonyl (C=O) groups is 1. The lowest BCUT2D eigenvalue weighted by Crippen LogP contribution is -2.32. The van der Waals surface area contributed by atoms with E-state index in [9.17, 15) is 10.1 Å². The molecule has 2 N–H and O–H groups in total. The van der Waals surface area contributed by atoms with E-state index in [4.69, 9.17) is 12.2 Å². The summed E-state index contributed by atoms with van der Waals surface area (Å²) in [7, 11) is 0. The van der Waals surface area contributed by atoms with Crippen molar-refractivity contribution in [2.75, 3.05) is 5.32 Å². The number of anilines is 1. The maximum Gasteiger partial charge on any atom is 0.250 e. The van der Waals surface area contributed by atoms with Gasteiger partial charge in [-0.05, 0) is 61.0 Å². The highest BCUT2D eigenvalue weighted by molar-refractivity contribution is 7.80. The first-order valence-corrected chi connectivity index (χ1v) is 9.66. The third kappa shape index (κ3) is 3.90. The summed E-state index contributed by atoms with van der Waals surface area (Å²) in [5.74, 6) is -0.291. The summed E-state index contributed by atoms with van der Waals surface area (Å²) < 4.78 is 0. The van der Waals surface area contributed by atoms with E-state index in [0.717, 1.165) is 41.1 Å². The number of fused-ring (bicyclic) bond motifs is 1. The molecule has 0 aliphatic heterocycles. The summed E-state index contributed by atoms with van der Waals surface area (Å²) in [6.07, 6.45) is 7.43. The van der Waals surface area contributed by atoms with Crippen LogP contribution in [0.2, 0.25) is 0 Å². The van der Waals surface area contributed by atoms with Crippen LogP contribution in [0.4, 0.5) is 5.00 Å².